The molecule has 0 atom stereocenters. The first-order chi connectivity index (χ1) is 3.12. The van der Waals surface area contributed by atoms with Crippen LogP contribution in [0, 0.1) is 0 Å². The molecule has 0 spiro atoms. The zero-order valence-corrected chi connectivity index (χ0v) is 4.25. The monoisotopic (exact) mass is 109 g/mol. The van der Waals surface area contributed by atoms with Crippen molar-refractivity contribution in [1.82, 2.24) is 0 Å². The van der Waals surface area contributed by atoms with Crippen LogP contribution in [0.5, 0.6) is 0 Å². The van der Waals surface area contributed by atoms with Gasteiger partial charge in [-0.25, -0.2) is 8.78 Å². The summed E-state index contributed by atoms with van der Waals surface area (Å²) in [7, 11) is 0. The average Bonchev–Trinajstić information content (AvgIpc) is 1.68. The van der Waals surface area contributed by atoms with Crippen molar-refractivity contribution in [3.63, 3.8) is 0 Å². The molecule has 0 aromatic carbocycles. The van der Waals surface area contributed by atoms with Gasteiger partial charge >= 0.3 is 0 Å². The van der Waals surface area contributed by atoms with E-state index in [1.54, 1.807) is 0 Å². The second kappa shape index (κ2) is 2.21. The summed E-state index contributed by atoms with van der Waals surface area (Å²) in [5, 5.41) is 0. The maximum atomic E-state index is 11.4. The lowest BCUT2D eigenvalue weighted by atomic mass is 10.1. The summed E-state index contributed by atoms with van der Waals surface area (Å²) in [5.74, 6) is 0. The van der Waals surface area contributed by atoms with Gasteiger partial charge in [0.1, 0.15) is 13.3 Å². The molecule has 0 aromatic heterocycles. The minimum Gasteiger partial charge on any atom is -0.321 e. The molecule has 2 N–H and O–H groups in total. The number of hydrogen-bond acceptors (Lipinski definition) is 1. The average molecular weight is 109 g/mol. The normalized spacial score (nSPS) is 12.0. The van der Waals surface area contributed by atoms with Crippen LogP contribution in [0.2, 0.25) is 0 Å². The van der Waals surface area contributed by atoms with Crippen LogP contribution in [0.4, 0.5) is 8.78 Å². The van der Waals surface area contributed by atoms with Crippen LogP contribution < -0.4 is 5.73 Å². The third-order valence-corrected chi connectivity index (χ3v) is 0.611. The predicted molar refractivity (Wildman–Crippen MR) is 24.5 cm³/mol. The van der Waals surface area contributed by atoms with E-state index in [-0.39, 0.29) is 0 Å². The highest BCUT2D eigenvalue weighted by molar-refractivity contribution is 4.75. The lowest BCUT2D eigenvalue weighted by Gasteiger charge is -2.13. The summed E-state index contributed by atoms with van der Waals surface area (Å²) < 4.78 is 22.8. The van der Waals surface area contributed by atoms with E-state index in [4.69, 9.17) is 5.73 Å². The molecule has 0 aliphatic carbocycles. The van der Waals surface area contributed by atoms with E-state index in [0.717, 1.165) is 0 Å². The highest BCUT2D eigenvalue weighted by atomic mass is 19.1. The van der Waals surface area contributed by atoms with Gasteiger partial charge < -0.3 is 5.73 Å². The van der Waals surface area contributed by atoms with E-state index in [1.807, 2.05) is 0 Å². The van der Waals surface area contributed by atoms with Crippen LogP contribution in [0.1, 0.15) is 6.92 Å². The SMILES string of the molecule is CC(N)(CF)CF. The standard InChI is InChI=1S/C4H9F2N/c1-4(7,2-5)3-6/h2-3,7H2,1H3. The molecule has 44 valence electrons. The van der Waals surface area contributed by atoms with Crippen molar-refractivity contribution < 1.29 is 8.78 Å². The first-order valence-electron chi connectivity index (χ1n) is 2.03. The Morgan fingerprint density at radius 1 is 1.43 bits per heavy atom. The van der Waals surface area contributed by atoms with Crippen LogP contribution in [0.15, 0.2) is 0 Å². The van der Waals surface area contributed by atoms with E-state index < -0.39 is 18.9 Å². The Kier molecular flexibility index (Phi) is 2.15. The minimum atomic E-state index is -1.25. The second-order valence-electron chi connectivity index (χ2n) is 1.92. The third kappa shape index (κ3) is 2.51. The summed E-state index contributed by atoms with van der Waals surface area (Å²) in [5.41, 5.74) is 3.72. The van der Waals surface area contributed by atoms with Crippen molar-refractivity contribution in [1.29, 1.82) is 0 Å². The van der Waals surface area contributed by atoms with Crippen molar-refractivity contribution in [3.8, 4) is 0 Å². The summed E-state index contributed by atoms with van der Waals surface area (Å²) in [6.45, 7) is -0.278. The van der Waals surface area contributed by atoms with Crippen LogP contribution in [0.3, 0.4) is 0 Å². The van der Waals surface area contributed by atoms with E-state index in [1.165, 1.54) is 6.92 Å². The van der Waals surface area contributed by atoms with E-state index >= 15 is 0 Å². The van der Waals surface area contributed by atoms with Crippen molar-refractivity contribution in [2.24, 2.45) is 5.73 Å². The molecular weight excluding hydrogens is 100 g/mol. The first-order valence-corrected chi connectivity index (χ1v) is 2.03. The third-order valence-electron chi connectivity index (χ3n) is 0.611. The van der Waals surface area contributed by atoms with Gasteiger partial charge in [0.15, 0.2) is 0 Å². The molecule has 0 aromatic rings. The molecule has 0 aliphatic heterocycles. The Hall–Kier alpha value is -0.180. The molecular formula is C4H9F2N. The molecule has 7 heavy (non-hydrogen) atoms. The van der Waals surface area contributed by atoms with Crippen LogP contribution in [0.25, 0.3) is 0 Å². The molecule has 0 saturated heterocycles. The van der Waals surface area contributed by atoms with E-state index in [0.29, 0.717) is 0 Å². The van der Waals surface area contributed by atoms with Crippen molar-refractivity contribution >= 4 is 0 Å². The fraction of sp³-hybridized carbons (Fsp3) is 1.00. The molecule has 0 bridgehead atoms. The van der Waals surface area contributed by atoms with Crippen LogP contribution >= 0.6 is 0 Å². The Balaban J connectivity index is 3.36. The lowest BCUT2D eigenvalue weighted by molar-refractivity contribution is 0.262. The molecule has 0 aliphatic rings. The lowest BCUT2D eigenvalue weighted by Crippen LogP contribution is -2.40. The minimum absolute atomic E-state index is 0.802. The molecule has 0 amide bonds. The van der Waals surface area contributed by atoms with Gasteiger partial charge in [-0.3, -0.25) is 0 Å². The zero-order valence-electron chi connectivity index (χ0n) is 4.25. The van der Waals surface area contributed by atoms with Crippen molar-refractivity contribution in [3.05, 3.63) is 0 Å². The number of halogens is 2. The second-order valence-corrected chi connectivity index (χ2v) is 1.92. The fourth-order valence-electron chi connectivity index (χ4n) is 0.0357. The molecule has 0 unspecified atom stereocenters. The van der Waals surface area contributed by atoms with Gasteiger partial charge in [-0.05, 0) is 6.92 Å². The van der Waals surface area contributed by atoms with Gasteiger partial charge in [-0.2, -0.15) is 0 Å². The Bertz CT molecular complexity index is 47.7. The number of nitrogens with two attached hydrogens (primary N) is 1. The van der Waals surface area contributed by atoms with Crippen molar-refractivity contribution in [2.45, 2.75) is 12.5 Å². The first kappa shape index (κ1) is 6.82. The Morgan fingerprint density at radius 3 is 1.71 bits per heavy atom. The quantitative estimate of drug-likeness (QED) is 0.553. The Morgan fingerprint density at radius 2 is 1.71 bits per heavy atom. The summed E-state index contributed by atoms with van der Waals surface area (Å²) >= 11 is 0. The van der Waals surface area contributed by atoms with Gasteiger partial charge in [-0.15, -0.1) is 0 Å². The van der Waals surface area contributed by atoms with Crippen LogP contribution in [-0.4, -0.2) is 18.9 Å². The highest BCUT2D eigenvalue weighted by Crippen LogP contribution is 1.98. The number of rotatable bonds is 2. The van der Waals surface area contributed by atoms with Gasteiger partial charge in [-0.1, -0.05) is 0 Å². The molecule has 0 heterocycles. The zero-order chi connectivity index (χ0) is 5.91. The van der Waals surface area contributed by atoms with Gasteiger partial charge in [0, 0.05) is 0 Å². The molecule has 0 saturated carbocycles. The smallest absolute Gasteiger partial charge is 0.110 e. The fourth-order valence-corrected chi connectivity index (χ4v) is 0.0357. The predicted octanol–water partition coefficient (Wildman–Crippen LogP) is 0.643. The summed E-state index contributed by atoms with van der Waals surface area (Å²) in [6, 6.07) is 0. The molecule has 3 heteroatoms. The Labute approximate surface area is 41.5 Å². The van der Waals surface area contributed by atoms with Crippen molar-refractivity contribution in [2.75, 3.05) is 13.3 Å². The molecule has 0 radical (unpaired) electrons. The van der Waals surface area contributed by atoms with Gasteiger partial charge in [0.2, 0.25) is 0 Å². The van der Waals surface area contributed by atoms with Crippen LogP contribution in [-0.2, 0) is 0 Å². The summed E-state index contributed by atoms with van der Waals surface area (Å²) in [4.78, 5) is 0. The van der Waals surface area contributed by atoms with Gasteiger partial charge in [0.05, 0.1) is 5.54 Å². The number of hydrogen-bond donors (Lipinski definition) is 1. The largest absolute Gasteiger partial charge is 0.321 e. The molecule has 0 rings (SSSR count). The molecule has 1 nitrogen and oxygen atoms in total. The maximum Gasteiger partial charge on any atom is 0.110 e. The highest BCUT2D eigenvalue weighted by Gasteiger charge is 2.16. The van der Waals surface area contributed by atoms with E-state index in [2.05, 4.69) is 0 Å². The number of alkyl halides is 2. The summed E-state index contributed by atoms with van der Waals surface area (Å²) in [6.07, 6.45) is 0. The van der Waals surface area contributed by atoms with Gasteiger partial charge in [0.25, 0.3) is 0 Å². The molecule has 0 fully saturated rings. The van der Waals surface area contributed by atoms with E-state index in [9.17, 15) is 8.78 Å². The maximum absolute atomic E-state index is 11.4. The topological polar surface area (TPSA) is 26.0 Å².